The Kier molecular flexibility index (Phi) is 5.71. The first-order valence-corrected chi connectivity index (χ1v) is 6.94. The second-order valence-electron chi connectivity index (χ2n) is 5.81. The highest BCUT2D eigenvalue weighted by atomic mass is 16.2. The van der Waals surface area contributed by atoms with Crippen LogP contribution in [0.2, 0.25) is 0 Å². The van der Waals surface area contributed by atoms with E-state index < -0.39 is 0 Å². The number of hydrogen-bond donors (Lipinski definition) is 1. The van der Waals surface area contributed by atoms with Gasteiger partial charge in [-0.3, -0.25) is 13.9 Å². The fourth-order valence-electron chi connectivity index (χ4n) is 1.99. The molecule has 0 saturated heterocycles. The fraction of sp³-hybridized carbons (Fsp3) is 0.714. The molecule has 114 valence electrons. The molecule has 0 amide bonds. The molecular weight excluding hydrogens is 256 g/mol. The van der Waals surface area contributed by atoms with Crippen molar-refractivity contribution >= 4 is 0 Å². The van der Waals surface area contributed by atoms with Crippen LogP contribution in [0, 0.1) is 5.92 Å². The minimum absolute atomic E-state index is 0.171. The maximum Gasteiger partial charge on any atom is 0.330 e. The summed E-state index contributed by atoms with van der Waals surface area (Å²) in [6.45, 7) is 5.61. The van der Waals surface area contributed by atoms with E-state index in [0.717, 1.165) is 23.2 Å². The largest absolute Gasteiger partial charge is 0.330 e. The third-order valence-corrected chi connectivity index (χ3v) is 3.76. The van der Waals surface area contributed by atoms with E-state index in [-0.39, 0.29) is 17.3 Å². The molecular formula is C14H26N4O2. The van der Waals surface area contributed by atoms with E-state index in [1.165, 1.54) is 17.7 Å². The van der Waals surface area contributed by atoms with Crippen molar-refractivity contribution in [3.05, 3.63) is 32.6 Å². The molecule has 0 aliphatic carbocycles. The van der Waals surface area contributed by atoms with Crippen molar-refractivity contribution in [2.75, 3.05) is 13.6 Å². The van der Waals surface area contributed by atoms with E-state index >= 15 is 0 Å². The molecule has 1 aromatic rings. The van der Waals surface area contributed by atoms with Gasteiger partial charge in [0.2, 0.25) is 0 Å². The maximum absolute atomic E-state index is 11.8. The Morgan fingerprint density at radius 2 is 1.85 bits per heavy atom. The van der Waals surface area contributed by atoms with Gasteiger partial charge in [-0.15, -0.1) is 0 Å². The van der Waals surface area contributed by atoms with Crippen LogP contribution in [0.1, 0.15) is 26.0 Å². The van der Waals surface area contributed by atoms with Crippen LogP contribution in [0.3, 0.4) is 0 Å². The summed E-state index contributed by atoms with van der Waals surface area (Å²) in [5.74, 6) is 0.455. The van der Waals surface area contributed by atoms with Gasteiger partial charge in [-0.25, -0.2) is 4.79 Å². The Labute approximate surface area is 119 Å². The van der Waals surface area contributed by atoms with Gasteiger partial charge in [0.05, 0.1) is 0 Å². The van der Waals surface area contributed by atoms with Crippen molar-refractivity contribution in [1.82, 2.24) is 14.0 Å². The fourth-order valence-corrected chi connectivity index (χ4v) is 1.99. The Bertz CT molecular complexity index is 559. The van der Waals surface area contributed by atoms with Crippen molar-refractivity contribution in [3.63, 3.8) is 0 Å². The molecule has 0 spiro atoms. The summed E-state index contributed by atoms with van der Waals surface area (Å²) in [4.78, 5) is 25.6. The van der Waals surface area contributed by atoms with Crippen molar-refractivity contribution in [2.45, 2.75) is 32.9 Å². The van der Waals surface area contributed by atoms with E-state index in [4.69, 9.17) is 5.73 Å². The molecule has 0 aromatic carbocycles. The zero-order chi connectivity index (χ0) is 15.4. The predicted octanol–water partition coefficient (Wildman–Crippen LogP) is -0.111. The highest BCUT2D eigenvalue weighted by Gasteiger charge is 2.11. The monoisotopic (exact) mass is 282 g/mol. The number of hydrogen-bond acceptors (Lipinski definition) is 4. The van der Waals surface area contributed by atoms with Crippen molar-refractivity contribution < 1.29 is 0 Å². The number of rotatable bonds is 6. The topological polar surface area (TPSA) is 73.3 Å². The van der Waals surface area contributed by atoms with Gasteiger partial charge in [-0.2, -0.15) is 0 Å². The normalized spacial score (nSPS) is 13.2. The molecule has 2 N–H and O–H groups in total. The molecule has 1 rings (SSSR count). The maximum atomic E-state index is 11.8. The van der Waals surface area contributed by atoms with Gasteiger partial charge in [-0.05, 0) is 25.9 Å². The Morgan fingerprint density at radius 1 is 1.25 bits per heavy atom. The molecule has 0 aliphatic heterocycles. The second kappa shape index (κ2) is 6.85. The molecule has 1 heterocycles. The smallest absolute Gasteiger partial charge is 0.327 e. The van der Waals surface area contributed by atoms with Gasteiger partial charge in [0.25, 0.3) is 5.56 Å². The Balaban J connectivity index is 2.75. The highest BCUT2D eigenvalue weighted by Crippen LogP contribution is 2.05. The molecule has 0 saturated carbocycles. The lowest BCUT2D eigenvalue weighted by molar-refractivity contribution is 0.289. The number of nitrogens with two attached hydrogens (primary N) is 1. The number of nitrogens with zero attached hydrogens (tertiary/aromatic N) is 3. The van der Waals surface area contributed by atoms with Gasteiger partial charge in [0.15, 0.2) is 0 Å². The van der Waals surface area contributed by atoms with Crippen LogP contribution in [-0.4, -0.2) is 33.7 Å². The van der Waals surface area contributed by atoms with Gasteiger partial charge < -0.3 is 10.6 Å². The van der Waals surface area contributed by atoms with Crippen molar-refractivity contribution in [1.29, 1.82) is 0 Å². The summed E-state index contributed by atoms with van der Waals surface area (Å²) >= 11 is 0. The van der Waals surface area contributed by atoms with E-state index in [0.29, 0.717) is 12.5 Å². The lowest BCUT2D eigenvalue weighted by Gasteiger charge is -2.22. The molecule has 1 aromatic heterocycles. The van der Waals surface area contributed by atoms with Gasteiger partial charge in [0, 0.05) is 38.4 Å². The standard InChI is InChI=1S/C14H26N4O2/c1-10(2)12(15)6-7-16(3)9-11-8-13(19)18(5)14(20)17(11)4/h8,10,12H,6-7,9,15H2,1-5H3. The van der Waals surface area contributed by atoms with Crippen molar-refractivity contribution in [2.24, 2.45) is 25.7 Å². The quantitative estimate of drug-likeness (QED) is 0.790. The zero-order valence-electron chi connectivity index (χ0n) is 13.1. The number of aromatic nitrogens is 2. The highest BCUT2D eigenvalue weighted by molar-refractivity contribution is 5.02. The molecule has 6 nitrogen and oxygen atoms in total. The second-order valence-corrected chi connectivity index (χ2v) is 5.81. The lowest BCUT2D eigenvalue weighted by atomic mass is 10.0. The van der Waals surface area contributed by atoms with Gasteiger partial charge in [0.1, 0.15) is 0 Å². The minimum Gasteiger partial charge on any atom is -0.327 e. The molecule has 0 fully saturated rings. The average molecular weight is 282 g/mol. The summed E-state index contributed by atoms with van der Waals surface area (Å²) in [5.41, 5.74) is 6.18. The van der Waals surface area contributed by atoms with E-state index in [1.54, 1.807) is 7.05 Å². The van der Waals surface area contributed by atoms with Crippen LogP contribution < -0.4 is 17.0 Å². The SMILES string of the molecule is CC(C)C(N)CCN(C)Cc1cc(=O)n(C)c(=O)n1C. The minimum atomic E-state index is -0.292. The van der Waals surface area contributed by atoms with E-state index in [2.05, 4.69) is 18.7 Å². The van der Waals surface area contributed by atoms with E-state index in [1.807, 2.05) is 7.05 Å². The van der Waals surface area contributed by atoms with Crippen LogP contribution in [0.4, 0.5) is 0 Å². The third-order valence-electron chi connectivity index (χ3n) is 3.76. The molecule has 20 heavy (non-hydrogen) atoms. The molecule has 1 unspecified atom stereocenters. The summed E-state index contributed by atoms with van der Waals surface area (Å²) in [6.07, 6.45) is 0.896. The first-order chi connectivity index (χ1) is 9.23. The van der Waals surface area contributed by atoms with Gasteiger partial charge in [-0.1, -0.05) is 13.8 Å². The molecule has 6 heteroatoms. The third kappa shape index (κ3) is 4.05. The van der Waals surface area contributed by atoms with Crippen molar-refractivity contribution in [3.8, 4) is 0 Å². The molecule has 0 radical (unpaired) electrons. The van der Waals surface area contributed by atoms with E-state index in [9.17, 15) is 9.59 Å². The van der Waals surface area contributed by atoms with Gasteiger partial charge >= 0.3 is 5.69 Å². The Hall–Kier alpha value is -1.40. The molecule has 0 aliphatic rings. The first kappa shape index (κ1) is 16.7. The van der Waals surface area contributed by atoms with Crippen LogP contribution in [0.15, 0.2) is 15.7 Å². The Morgan fingerprint density at radius 3 is 2.40 bits per heavy atom. The van der Waals surface area contributed by atoms with Crippen LogP contribution in [0.25, 0.3) is 0 Å². The zero-order valence-corrected chi connectivity index (χ0v) is 13.1. The summed E-state index contributed by atoms with van der Waals surface area (Å²) in [7, 11) is 5.14. The molecule has 1 atom stereocenters. The average Bonchev–Trinajstić information content (AvgIpc) is 2.39. The summed E-state index contributed by atoms with van der Waals surface area (Å²) < 4.78 is 2.62. The first-order valence-electron chi connectivity index (χ1n) is 6.94. The summed E-state index contributed by atoms with van der Waals surface area (Å²) in [5, 5.41) is 0. The lowest BCUT2D eigenvalue weighted by Crippen LogP contribution is -2.39. The predicted molar refractivity (Wildman–Crippen MR) is 80.7 cm³/mol. The van der Waals surface area contributed by atoms with Crippen LogP contribution in [0.5, 0.6) is 0 Å². The summed E-state index contributed by atoms with van der Waals surface area (Å²) in [6, 6.07) is 1.69. The van der Waals surface area contributed by atoms with Crippen LogP contribution in [-0.2, 0) is 20.6 Å². The molecule has 0 bridgehead atoms. The van der Waals surface area contributed by atoms with Crippen LogP contribution >= 0.6 is 0 Å².